The van der Waals surface area contributed by atoms with Crippen LogP contribution in [0.1, 0.15) is 18.1 Å². The number of allylic oxidation sites excluding steroid dienone is 1. The van der Waals surface area contributed by atoms with Crippen LogP contribution in [-0.2, 0) is 27.2 Å². The SMILES string of the molecule is CC(=O)N1C(=O)[C@H]2C(C(=O)O)[C@@H]1C(Cc1ccccc1)=C[C@H]2Cc1ccccc1. The molecular weight excluding hydrogens is 366 g/mol. The maximum atomic E-state index is 13.2. The molecular formula is C24H23NO4. The highest BCUT2D eigenvalue weighted by Crippen LogP contribution is 2.46. The Balaban J connectivity index is 1.78. The van der Waals surface area contributed by atoms with Gasteiger partial charge in [-0.25, -0.2) is 0 Å². The molecule has 0 aromatic heterocycles. The summed E-state index contributed by atoms with van der Waals surface area (Å²) in [6.45, 7) is 1.34. The number of rotatable bonds is 5. The van der Waals surface area contributed by atoms with Gasteiger partial charge < -0.3 is 5.11 Å². The second kappa shape index (κ2) is 7.66. The number of aliphatic carboxylic acids is 1. The van der Waals surface area contributed by atoms with Crippen molar-refractivity contribution < 1.29 is 19.5 Å². The molecule has 2 aliphatic rings. The van der Waals surface area contributed by atoms with Crippen molar-refractivity contribution in [1.82, 2.24) is 4.90 Å². The first-order valence-electron chi connectivity index (χ1n) is 9.82. The largest absolute Gasteiger partial charge is 0.481 e. The second-order valence-corrected chi connectivity index (χ2v) is 7.82. The third-order valence-corrected chi connectivity index (χ3v) is 5.99. The molecule has 1 aliphatic heterocycles. The number of imide groups is 1. The zero-order valence-corrected chi connectivity index (χ0v) is 16.2. The van der Waals surface area contributed by atoms with Crippen molar-refractivity contribution in [3.63, 3.8) is 0 Å². The van der Waals surface area contributed by atoms with Gasteiger partial charge in [0.2, 0.25) is 11.8 Å². The lowest BCUT2D eigenvalue weighted by molar-refractivity contribution is -0.146. The van der Waals surface area contributed by atoms with Crippen LogP contribution >= 0.6 is 0 Å². The van der Waals surface area contributed by atoms with Gasteiger partial charge in [0.15, 0.2) is 0 Å². The van der Waals surface area contributed by atoms with E-state index in [1.807, 2.05) is 60.7 Å². The first kappa shape index (κ1) is 19.1. The number of hydrogen-bond acceptors (Lipinski definition) is 3. The van der Waals surface area contributed by atoms with Crippen LogP contribution in [0.5, 0.6) is 0 Å². The van der Waals surface area contributed by atoms with E-state index in [1.165, 1.54) is 11.8 Å². The summed E-state index contributed by atoms with van der Waals surface area (Å²) in [6, 6.07) is 18.8. The van der Waals surface area contributed by atoms with E-state index >= 15 is 0 Å². The van der Waals surface area contributed by atoms with Gasteiger partial charge in [0, 0.05) is 6.92 Å². The molecule has 1 heterocycles. The number of carbonyl (C=O) groups excluding carboxylic acids is 2. The first-order chi connectivity index (χ1) is 14.0. The van der Waals surface area contributed by atoms with Crippen LogP contribution in [0.25, 0.3) is 0 Å². The molecule has 4 rings (SSSR count). The molecule has 29 heavy (non-hydrogen) atoms. The number of nitrogens with zero attached hydrogens (tertiary/aromatic N) is 1. The maximum Gasteiger partial charge on any atom is 0.309 e. The predicted molar refractivity (Wildman–Crippen MR) is 108 cm³/mol. The van der Waals surface area contributed by atoms with Gasteiger partial charge in [-0.2, -0.15) is 0 Å². The molecule has 2 bridgehead atoms. The van der Waals surface area contributed by atoms with Crippen LogP contribution in [0.2, 0.25) is 0 Å². The molecule has 1 fully saturated rings. The fourth-order valence-corrected chi connectivity index (χ4v) is 4.84. The smallest absolute Gasteiger partial charge is 0.309 e. The fourth-order valence-electron chi connectivity index (χ4n) is 4.84. The highest BCUT2D eigenvalue weighted by atomic mass is 16.4. The molecule has 148 valence electrons. The summed E-state index contributed by atoms with van der Waals surface area (Å²) in [5.74, 6) is -3.67. The minimum atomic E-state index is -1.02. The molecule has 0 spiro atoms. The number of benzene rings is 2. The third-order valence-electron chi connectivity index (χ3n) is 5.99. The summed E-state index contributed by atoms with van der Waals surface area (Å²) < 4.78 is 0. The molecule has 1 unspecified atom stereocenters. The lowest BCUT2D eigenvalue weighted by Crippen LogP contribution is -2.43. The van der Waals surface area contributed by atoms with E-state index in [9.17, 15) is 19.5 Å². The lowest BCUT2D eigenvalue weighted by Gasteiger charge is -2.33. The van der Waals surface area contributed by atoms with Gasteiger partial charge in [0.1, 0.15) is 0 Å². The summed E-state index contributed by atoms with van der Waals surface area (Å²) >= 11 is 0. The molecule has 4 atom stereocenters. The molecule has 2 aromatic rings. The Labute approximate surface area is 169 Å². The van der Waals surface area contributed by atoms with Crippen LogP contribution < -0.4 is 0 Å². The Morgan fingerprint density at radius 3 is 2.10 bits per heavy atom. The number of hydrogen-bond donors (Lipinski definition) is 1. The van der Waals surface area contributed by atoms with E-state index in [1.54, 1.807) is 0 Å². The molecule has 2 aromatic carbocycles. The van der Waals surface area contributed by atoms with Gasteiger partial charge in [0.25, 0.3) is 0 Å². The van der Waals surface area contributed by atoms with Crippen LogP contribution in [0, 0.1) is 17.8 Å². The first-order valence-corrected chi connectivity index (χ1v) is 9.82. The van der Waals surface area contributed by atoms with Crippen molar-refractivity contribution >= 4 is 17.8 Å². The minimum absolute atomic E-state index is 0.259. The van der Waals surface area contributed by atoms with Gasteiger partial charge in [0.05, 0.1) is 17.9 Å². The molecule has 1 aliphatic carbocycles. The van der Waals surface area contributed by atoms with Crippen molar-refractivity contribution in [2.45, 2.75) is 25.8 Å². The molecule has 1 saturated heterocycles. The summed E-state index contributed by atoms with van der Waals surface area (Å²) in [5.41, 5.74) is 2.91. The standard InChI is InChI=1S/C24H23NO4/c1-15(26)25-22-19(13-17-10-6-3-7-11-17)14-18(12-16-8-4-2-5-9-16)20(23(25)27)21(22)24(28)29/h2-11,14,18,20-22H,12-13H2,1H3,(H,28,29)/t18-,20-,21?,22+/m1/s1. The number of fused-ring (bicyclic) bond motifs is 2. The average Bonchev–Trinajstić information content (AvgIpc) is 2.96. The molecule has 2 amide bonds. The Morgan fingerprint density at radius 2 is 1.55 bits per heavy atom. The summed E-state index contributed by atoms with van der Waals surface area (Å²) in [6.07, 6.45) is 3.14. The molecule has 0 saturated carbocycles. The van der Waals surface area contributed by atoms with Crippen LogP contribution in [-0.4, -0.2) is 33.8 Å². The van der Waals surface area contributed by atoms with Crippen molar-refractivity contribution in [1.29, 1.82) is 0 Å². The van der Waals surface area contributed by atoms with E-state index in [0.717, 1.165) is 16.7 Å². The number of carboxylic acid groups (broad SMARTS) is 1. The van der Waals surface area contributed by atoms with E-state index in [-0.39, 0.29) is 11.8 Å². The number of likely N-dealkylation sites (tertiary alicyclic amines) is 1. The van der Waals surface area contributed by atoms with Crippen LogP contribution in [0.3, 0.4) is 0 Å². The highest BCUT2D eigenvalue weighted by Gasteiger charge is 2.58. The molecule has 5 nitrogen and oxygen atoms in total. The summed E-state index contributed by atoms with van der Waals surface area (Å²) in [7, 11) is 0. The Hall–Kier alpha value is -3.21. The van der Waals surface area contributed by atoms with Gasteiger partial charge >= 0.3 is 5.97 Å². The van der Waals surface area contributed by atoms with Gasteiger partial charge in [-0.05, 0) is 35.5 Å². The van der Waals surface area contributed by atoms with E-state index < -0.39 is 29.8 Å². The highest BCUT2D eigenvalue weighted by molar-refractivity contribution is 6.02. The molecule has 5 heteroatoms. The normalized spacial score (nSPS) is 25.6. The zero-order chi connectivity index (χ0) is 20.5. The topological polar surface area (TPSA) is 74.7 Å². The molecule has 1 N–H and O–H groups in total. The van der Waals surface area contributed by atoms with Gasteiger partial charge in [-0.1, -0.05) is 66.7 Å². The number of amides is 2. The van der Waals surface area contributed by atoms with Crippen molar-refractivity contribution in [2.75, 3.05) is 0 Å². The van der Waals surface area contributed by atoms with Crippen LogP contribution in [0.15, 0.2) is 72.3 Å². The van der Waals surface area contributed by atoms with Crippen molar-refractivity contribution in [3.05, 3.63) is 83.4 Å². The maximum absolute atomic E-state index is 13.2. The summed E-state index contributed by atoms with van der Waals surface area (Å²) in [5, 5.41) is 9.99. The van der Waals surface area contributed by atoms with E-state index in [4.69, 9.17) is 0 Å². The number of carbonyl (C=O) groups is 3. The minimum Gasteiger partial charge on any atom is -0.481 e. The third kappa shape index (κ3) is 3.48. The van der Waals surface area contributed by atoms with Gasteiger partial charge in [-0.3, -0.25) is 19.3 Å². The second-order valence-electron chi connectivity index (χ2n) is 7.82. The van der Waals surface area contributed by atoms with Crippen molar-refractivity contribution in [2.24, 2.45) is 17.8 Å². The Morgan fingerprint density at radius 1 is 0.966 bits per heavy atom. The number of carboxylic acids is 1. The Kier molecular flexibility index (Phi) is 5.05. The monoisotopic (exact) mass is 389 g/mol. The zero-order valence-electron chi connectivity index (χ0n) is 16.2. The van der Waals surface area contributed by atoms with E-state index in [2.05, 4.69) is 6.08 Å². The van der Waals surface area contributed by atoms with Crippen molar-refractivity contribution in [3.8, 4) is 0 Å². The quantitative estimate of drug-likeness (QED) is 0.798. The van der Waals surface area contributed by atoms with Crippen LogP contribution in [0.4, 0.5) is 0 Å². The predicted octanol–water partition coefficient (Wildman–Crippen LogP) is 3.10. The Bertz CT molecular complexity index is 967. The summed E-state index contributed by atoms with van der Waals surface area (Å²) in [4.78, 5) is 38.9. The van der Waals surface area contributed by atoms with Gasteiger partial charge in [-0.15, -0.1) is 0 Å². The molecule has 0 radical (unpaired) electrons. The fraction of sp³-hybridized carbons (Fsp3) is 0.292. The average molecular weight is 389 g/mol. The van der Waals surface area contributed by atoms with E-state index in [0.29, 0.717) is 12.8 Å². The lowest BCUT2D eigenvalue weighted by atomic mass is 9.70.